The molecule has 0 bridgehead atoms. The first kappa shape index (κ1) is 13.8. The Hall–Kier alpha value is -2.20. The molecule has 0 saturated heterocycles. The fraction of sp³-hybridized carbons (Fsp3) is 0.188. The van der Waals surface area contributed by atoms with E-state index >= 15 is 0 Å². The normalized spacial score (nSPS) is 11.0. The van der Waals surface area contributed by atoms with Crippen LogP contribution in [-0.2, 0) is 6.54 Å². The second kappa shape index (κ2) is 5.30. The quantitative estimate of drug-likeness (QED) is 0.803. The minimum Gasteiger partial charge on any atom is -0.496 e. The number of anilines is 1. The third-order valence-electron chi connectivity index (χ3n) is 3.62. The van der Waals surface area contributed by atoms with Gasteiger partial charge in [-0.1, -0.05) is 29.8 Å². The van der Waals surface area contributed by atoms with Crippen molar-refractivity contribution in [2.75, 3.05) is 12.8 Å². The molecule has 0 aliphatic carbocycles. The van der Waals surface area contributed by atoms with Gasteiger partial charge in [0.05, 0.1) is 24.7 Å². The molecule has 21 heavy (non-hydrogen) atoms. The Morgan fingerprint density at radius 3 is 2.76 bits per heavy atom. The summed E-state index contributed by atoms with van der Waals surface area (Å²) in [5, 5.41) is 0.656. The lowest BCUT2D eigenvalue weighted by Gasteiger charge is -2.12. The van der Waals surface area contributed by atoms with Crippen molar-refractivity contribution in [2.24, 2.45) is 0 Å². The summed E-state index contributed by atoms with van der Waals surface area (Å²) >= 11 is 6.31. The maximum absolute atomic E-state index is 6.31. The molecule has 0 atom stereocenters. The lowest BCUT2D eigenvalue weighted by atomic mass is 10.2. The van der Waals surface area contributed by atoms with Gasteiger partial charge in [-0.25, -0.2) is 4.98 Å². The smallest absolute Gasteiger partial charge is 0.201 e. The van der Waals surface area contributed by atoms with Gasteiger partial charge in [-0.05, 0) is 30.7 Å². The number of ether oxygens (including phenoxy) is 1. The van der Waals surface area contributed by atoms with E-state index in [0.29, 0.717) is 17.5 Å². The number of methoxy groups -OCH3 is 1. The number of nitrogen functional groups attached to an aromatic ring is 1. The lowest BCUT2D eigenvalue weighted by Crippen LogP contribution is -2.06. The fourth-order valence-electron chi connectivity index (χ4n) is 2.51. The number of hydrogen-bond acceptors (Lipinski definition) is 3. The second-order valence-electron chi connectivity index (χ2n) is 4.92. The van der Waals surface area contributed by atoms with Gasteiger partial charge < -0.3 is 15.0 Å². The largest absolute Gasteiger partial charge is 0.496 e. The van der Waals surface area contributed by atoms with E-state index in [2.05, 4.69) is 4.98 Å². The van der Waals surface area contributed by atoms with Gasteiger partial charge >= 0.3 is 0 Å². The molecule has 0 unspecified atom stereocenters. The van der Waals surface area contributed by atoms with Crippen molar-refractivity contribution in [1.82, 2.24) is 9.55 Å². The van der Waals surface area contributed by atoms with Gasteiger partial charge in [0.2, 0.25) is 5.95 Å². The molecule has 5 heteroatoms. The number of imidazole rings is 1. The van der Waals surface area contributed by atoms with Crippen LogP contribution < -0.4 is 10.5 Å². The molecule has 4 nitrogen and oxygen atoms in total. The number of benzene rings is 2. The molecule has 1 heterocycles. The minimum atomic E-state index is 0.473. The van der Waals surface area contributed by atoms with Crippen molar-refractivity contribution in [3.05, 3.63) is 52.5 Å². The van der Waals surface area contributed by atoms with Crippen LogP contribution in [-0.4, -0.2) is 16.7 Å². The summed E-state index contributed by atoms with van der Waals surface area (Å²) in [7, 11) is 1.63. The number of nitrogens with two attached hydrogens (primary N) is 1. The van der Waals surface area contributed by atoms with Crippen molar-refractivity contribution >= 4 is 28.6 Å². The molecule has 0 fully saturated rings. The molecule has 0 amide bonds. The van der Waals surface area contributed by atoms with Crippen molar-refractivity contribution in [1.29, 1.82) is 0 Å². The molecule has 3 rings (SSSR count). The van der Waals surface area contributed by atoms with Crippen LogP contribution >= 0.6 is 11.6 Å². The van der Waals surface area contributed by atoms with E-state index in [4.69, 9.17) is 22.1 Å². The minimum absolute atomic E-state index is 0.473. The summed E-state index contributed by atoms with van der Waals surface area (Å²) in [5.74, 6) is 1.22. The van der Waals surface area contributed by atoms with Crippen LogP contribution in [0.1, 0.15) is 11.1 Å². The summed E-state index contributed by atoms with van der Waals surface area (Å²) in [6.45, 7) is 2.55. The van der Waals surface area contributed by atoms with E-state index in [1.165, 1.54) is 0 Å². The van der Waals surface area contributed by atoms with E-state index in [1.54, 1.807) is 7.11 Å². The van der Waals surface area contributed by atoms with Crippen molar-refractivity contribution in [3.63, 3.8) is 0 Å². The maximum atomic E-state index is 6.31. The van der Waals surface area contributed by atoms with Crippen LogP contribution in [0.2, 0.25) is 5.02 Å². The number of rotatable bonds is 3. The fourth-order valence-corrected chi connectivity index (χ4v) is 2.74. The average molecular weight is 302 g/mol. The standard InChI is InChI=1S/C16H16ClN3O/c1-10-5-3-7-13-15(10)19-16(18)20(13)9-11-12(17)6-4-8-14(11)21-2/h3-8H,9H2,1-2H3,(H2,18,19). The molecule has 0 aliphatic rings. The first-order valence-electron chi connectivity index (χ1n) is 6.64. The Morgan fingerprint density at radius 2 is 2.00 bits per heavy atom. The Bertz CT molecular complexity index is 811. The zero-order valence-corrected chi connectivity index (χ0v) is 12.7. The lowest BCUT2D eigenvalue weighted by molar-refractivity contribution is 0.409. The van der Waals surface area contributed by atoms with Crippen molar-refractivity contribution in [3.8, 4) is 5.75 Å². The van der Waals surface area contributed by atoms with Gasteiger partial charge in [0.1, 0.15) is 5.75 Å². The van der Waals surface area contributed by atoms with Crippen LogP contribution in [0.3, 0.4) is 0 Å². The molecule has 108 valence electrons. The highest BCUT2D eigenvalue weighted by molar-refractivity contribution is 6.31. The van der Waals surface area contributed by atoms with Gasteiger partial charge in [-0.2, -0.15) is 0 Å². The van der Waals surface area contributed by atoms with Crippen LogP contribution in [0, 0.1) is 6.92 Å². The Labute approximate surface area is 128 Å². The number of aromatic nitrogens is 2. The van der Waals surface area contributed by atoms with Gasteiger partial charge in [-0.3, -0.25) is 0 Å². The highest BCUT2D eigenvalue weighted by atomic mass is 35.5. The zero-order valence-electron chi connectivity index (χ0n) is 11.9. The third-order valence-corrected chi connectivity index (χ3v) is 3.98. The average Bonchev–Trinajstić information content (AvgIpc) is 2.79. The molecular weight excluding hydrogens is 286 g/mol. The molecule has 0 spiro atoms. The van der Waals surface area contributed by atoms with Crippen molar-refractivity contribution in [2.45, 2.75) is 13.5 Å². The van der Waals surface area contributed by atoms with Crippen LogP contribution in [0.15, 0.2) is 36.4 Å². The molecule has 0 radical (unpaired) electrons. The number of para-hydroxylation sites is 1. The number of fused-ring (bicyclic) bond motifs is 1. The number of hydrogen-bond donors (Lipinski definition) is 1. The Morgan fingerprint density at radius 1 is 1.24 bits per heavy atom. The molecular formula is C16H16ClN3O. The second-order valence-corrected chi connectivity index (χ2v) is 5.33. The SMILES string of the molecule is COc1cccc(Cl)c1Cn1c(N)nc2c(C)cccc21. The van der Waals surface area contributed by atoms with Gasteiger partial charge in [0.15, 0.2) is 0 Å². The Kier molecular flexibility index (Phi) is 3.47. The highest BCUT2D eigenvalue weighted by Crippen LogP contribution is 2.30. The van der Waals surface area contributed by atoms with Crippen molar-refractivity contribution < 1.29 is 4.74 Å². The molecule has 1 aromatic heterocycles. The first-order chi connectivity index (χ1) is 10.1. The first-order valence-corrected chi connectivity index (χ1v) is 7.02. The summed E-state index contributed by atoms with van der Waals surface area (Å²) in [5.41, 5.74) is 9.99. The zero-order chi connectivity index (χ0) is 15.0. The Balaban J connectivity index is 2.15. The van der Waals surface area contributed by atoms with E-state index in [-0.39, 0.29) is 0 Å². The van der Waals surface area contributed by atoms with Crippen LogP contribution in [0.4, 0.5) is 5.95 Å². The number of halogens is 1. The number of aryl methyl sites for hydroxylation is 1. The van der Waals surface area contributed by atoms with Gasteiger partial charge in [0.25, 0.3) is 0 Å². The monoisotopic (exact) mass is 301 g/mol. The van der Waals surface area contributed by atoms with E-state index in [1.807, 2.05) is 47.9 Å². The summed E-state index contributed by atoms with van der Waals surface area (Å²) in [6.07, 6.45) is 0. The van der Waals surface area contributed by atoms with Gasteiger partial charge in [-0.15, -0.1) is 0 Å². The molecule has 0 aliphatic heterocycles. The molecule has 2 N–H and O–H groups in total. The summed E-state index contributed by atoms with van der Waals surface area (Å²) in [4.78, 5) is 4.45. The van der Waals surface area contributed by atoms with Crippen LogP contribution in [0.5, 0.6) is 5.75 Å². The topological polar surface area (TPSA) is 53.1 Å². The summed E-state index contributed by atoms with van der Waals surface area (Å²) < 4.78 is 7.34. The molecule has 0 saturated carbocycles. The predicted molar refractivity (Wildman–Crippen MR) is 86.0 cm³/mol. The van der Waals surface area contributed by atoms with E-state index in [0.717, 1.165) is 27.9 Å². The molecule has 2 aromatic carbocycles. The third kappa shape index (κ3) is 2.32. The van der Waals surface area contributed by atoms with Gasteiger partial charge in [0, 0.05) is 10.6 Å². The van der Waals surface area contributed by atoms with E-state index in [9.17, 15) is 0 Å². The van der Waals surface area contributed by atoms with E-state index < -0.39 is 0 Å². The van der Waals surface area contributed by atoms with Crippen LogP contribution in [0.25, 0.3) is 11.0 Å². The highest BCUT2D eigenvalue weighted by Gasteiger charge is 2.14. The molecule has 3 aromatic rings. The number of nitrogens with zero attached hydrogens (tertiary/aromatic N) is 2. The summed E-state index contributed by atoms with van der Waals surface area (Å²) in [6, 6.07) is 11.6. The predicted octanol–water partition coefficient (Wildman–Crippen LogP) is 3.64. The maximum Gasteiger partial charge on any atom is 0.201 e.